The van der Waals surface area contributed by atoms with Crippen LogP contribution in [0.15, 0.2) is 53.5 Å². The number of halogens is 1. The van der Waals surface area contributed by atoms with Gasteiger partial charge in [0.1, 0.15) is 11.6 Å². The lowest BCUT2D eigenvalue weighted by molar-refractivity contribution is 0.415. The smallest absolute Gasteiger partial charge is 0.191 e. The Hall–Kier alpha value is -2.62. The quantitative estimate of drug-likeness (QED) is 0.259. The Bertz CT molecular complexity index is 923. The number of aromatic amines is 1. The molecular formula is C21H27IN6O. The van der Waals surface area contributed by atoms with Gasteiger partial charge < -0.3 is 15.4 Å². The maximum atomic E-state index is 5.18. The maximum Gasteiger partial charge on any atom is 0.191 e. The number of benzene rings is 2. The molecule has 0 radical (unpaired) electrons. The summed E-state index contributed by atoms with van der Waals surface area (Å²) >= 11 is 0. The molecular weight excluding hydrogens is 479 g/mol. The molecule has 7 nitrogen and oxygen atoms in total. The van der Waals surface area contributed by atoms with Crippen molar-refractivity contribution in [1.29, 1.82) is 0 Å². The molecule has 3 N–H and O–H groups in total. The van der Waals surface area contributed by atoms with Crippen LogP contribution in [0.3, 0.4) is 0 Å². The highest BCUT2D eigenvalue weighted by Gasteiger charge is 2.07. The van der Waals surface area contributed by atoms with Crippen molar-refractivity contribution < 1.29 is 4.74 Å². The Morgan fingerprint density at radius 1 is 1.10 bits per heavy atom. The van der Waals surface area contributed by atoms with E-state index in [4.69, 9.17) is 4.74 Å². The molecule has 0 aliphatic rings. The highest BCUT2D eigenvalue weighted by atomic mass is 127. The minimum Gasteiger partial charge on any atom is -0.497 e. The van der Waals surface area contributed by atoms with Crippen LogP contribution in [-0.2, 0) is 13.1 Å². The zero-order valence-corrected chi connectivity index (χ0v) is 19.2. The first-order chi connectivity index (χ1) is 13.7. The number of H-pyrrole nitrogens is 1. The van der Waals surface area contributed by atoms with Crippen LogP contribution in [0.1, 0.15) is 23.9 Å². The van der Waals surface area contributed by atoms with E-state index < -0.39 is 0 Å². The number of aryl methyl sites for hydroxylation is 1. The van der Waals surface area contributed by atoms with Crippen molar-refractivity contribution in [3.63, 3.8) is 0 Å². The second-order valence-electron chi connectivity index (χ2n) is 6.31. The largest absolute Gasteiger partial charge is 0.497 e. The number of hydrogen-bond donors (Lipinski definition) is 3. The average molecular weight is 506 g/mol. The van der Waals surface area contributed by atoms with E-state index in [9.17, 15) is 0 Å². The number of ether oxygens (including phenoxy) is 1. The maximum absolute atomic E-state index is 5.18. The van der Waals surface area contributed by atoms with E-state index in [1.54, 1.807) is 7.11 Å². The normalized spacial score (nSPS) is 10.9. The molecule has 2 aromatic carbocycles. The lowest BCUT2D eigenvalue weighted by atomic mass is 10.1. The van der Waals surface area contributed by atoms with Gasteiger partial charge in [-0.15, -0.1) is 24.0 Å². The monoisotopic (exact) mass is 506 g/mol. The van der Waals surface area contributed by atoms with E-state index >= 15 is 0 Å². The summed E-state index contributed by atoms with van der Waals surface area (Å²) in [5.74, 6) is 2.95. The van der Waals surface area contributed by atoms with Gasteiger partial charge in [-0.3, -0.25) is 5.10 Å². The van der Waals surface area contributed by atoms with Gasteiger partial charge in [0.05, 0.1) is 20.2 Å². The molecule has 154 valence electrons. The van der Waals surface area contributed by atoms with Gasteiger partial charge in [-0.2, -0.15) is 5.10 Å². The third kappa shape index (κ3) is 6.45. The van der Waals surface area contributed by atoms with Crippen LogP contribution in [0, 0.1) is 6.92 Å². The summed E-state index contributed by atoms with van der Waals surface area (Å²) in [4.78, 5) is 9.21. The number of methoxy groups -OCH3 is 1. The van der Waals surface area contributed by atoms with Crippen LogP contribution in [0.25, 0.3) is 11.4 Å². The number of nitrogens with one attached hydrogen (secondary N) is 3. The predicted octanol–water partition coefficient (Wildman–Crippen LogP) is 3.66. The Labute approximate surface area is 188 Å². The number of hydrogen-bond acceptors (Lipinski definition) is 4. The van der Waals surface area contributed by atoms with Crippen molar-refractivity contribution in [3.8, 4) is 17.1 Å². The average Bonchev–Trinajstić information content (AvgIpc) is 3.20. The predicted molar refractivity (Wildman–Crippen MR) is 127 cm³/mol. The van der Waals surface area contributed by atoms with Crippen LogP contribution in [-0.4, -0.2) is 34.8 Å². The molecule has 0 atom stereocenters. The zero-order valence-electron chi connectivity index (χ0n) is 16.9. The highest BCUT2D eigenvalue weighted by molar-refractivity contribution is 14.0. The number of aliphatic imine (C=N–C) groups is 1. The second-order valence-corrected chi connectivity index (χ2v) is 6.31. The zero-order chi connectivity index (χ0) is 19.8. The van der Waals surface area contributed by atoms with Crippen molar-refractivity contribution in [1.82, 2.24) is 25.8 Å². The van der Waals surface area contributed by atoms with E-state index in [2.05, 4.69) is 49.9 Å². The number of nitrogens with zero attached hydrogens (tertiary/aromatic N) is 3. The Kier molecular flexibility index (Phi) is 8.91. The fourth-order valence-corrected chi connectivity index (χ4v) is 2.70. The van der Waals surface area contributed by atoms with E-state index in [-0.39, 0.29) is 24.0 Å². The third-order valence-corrected chi connectivity index (χ3v) is 4.32. The van der Waals surface area contributed by atoms with Gasteiger partial charge in [0, 0.05) is 12.1 Å². The van der Waals surface area contributed by atoms with Crippen LogP contribution >= 0.6 is 24.0 Å². The molecule has 0 fully saturated rings. The summed E-state index contributed by atoms with van der Waals surface area (Å²) in [6, 6.07) is 15.9. The molecule has 1 aromatic heterocycles. The lowest BCUT2D eigenvalue weighted by Crippen LogP contribution is -2.37. The SMILES string of the molecule is CCNC(=NCc1ccccc1C)NCc1nc(-c2ccc(OC)cc2)n[nH]1.I. The topological polar surface area (TPSA) is 87.2 Å². The first-order valence-corrected chi connectivity index (χ1v) is 9.32. The summed E-state index contributed by atoms with van der Waals surface area (Å²) in [7, 11) is 1.65. The van der Waals surface area contributed by atoms with Gasteiger partial charge in [-0.1, -0.05) is 24.3 Å². The number of guanidine groups is 1. The third-order valence-electron chi connectivity index (χ3n) is 4.32. The van der Waals surface area contributed by atoms with Crippen molar-refractivity contribution in [2.75, 3.05) is 13.7 Å². The molecule has 0 unspecified atom stereocenters. The summed E-state index contributed by atoms with van der Waals surface area (Å²) < 4.78 is 5.18. The Balaban J connectivity index is 0.00000300. The summed E-state index contributed by atoms with van der Waals surface area (Å²) in [6.07, 6.45) is 0. The molecule has 29 heavy (non-hydrogen) atoms. The fraction of sp³-hybridized carbons (Fsp3) is 0.286. The lowest BCUT2D eigenvalue weighted by Gasteiger charge is -2.10. The van der Waals surface area contributed by atoms with Gasteiger partial charge in [0.15, 0.2) is 11.8 Å². The molecule has 0 aliphatic carbocycles. The standard InChI is InChI=1S/C21H26N6O.HI/c1-4-22-21(23-13-17-8-6-5-7-15(17)2)24-14-19-25-20(27-26-19)16-9-11-18(28-3)12-10-16;/h5-12H,4,13-14H2,1-3H3,(H2,22,23,24)(H,25,26,27);1H. The van der Waals surface area contributed by atoms with Crippen molar-refractivity contribution >= 4 is 29.9 Å². The van der Waals surface area contributed by atoms with Crippen molar-refractivity contribution in [2.45, 2.75) is 26.9 Å². The molecule has 0 saturated heterocycles. The van der Waals surface area contributed by atoms with Gasteiger partial charge >= 0.3 is 0 Å². The molecule has 3 aromatic rings. The summed E-state index contributed by atoms with van der Waals surface area (Å²) in [6.45, 7) is 6.05. The van der Waals surface area contributed by atoms with Crippen molar-refractivity contribution in [2.24, 2.45) is 4.99 Å². The van der Waals surface area contributed by atoms with E-state index in [0.29, 0.717) is 18.9 Å². The van der Waals surface area contributed by atoms with Gasteiger partial charge in [-0.05, 0) is 49.2 Å². The van der Waals surface area contributed by atoms with E-state index in [1.165, 1.54) is 11.1 Å². The molecule has 0 amide bonds. The van der Waals surface area contributed by atoms with Crippen molar-refractivity contribution in [3.05, 3.63) is 65.5 Å². The second kappa shape index (κ2) is 11.4. The first kappa shape index (κ1) is 22.7. The Morgan fingerprint density at radius 2 is 1.86 bits per heavy atom. The minimum absolute atomic E-state index is 0. The molecule has 1 heterocycles. The van der Waals surface area contributed by atoms with Gasteiger partial charge in [0.2, 0.25) is 0 Å². The highest BCUT2D eigenvalue weighted by Crippen LogP contribution is 2.18. The summed E-state index contributed by atoms with van der Waals surface area (Å²) in [5, 5.41) is 13.8. The molecule has 0 aliphatic heterocycles. The van der Waals surface area contributed by atoms with Crippen LogP contribution in [0.4, 0.5) is 0 Å². The van der Waals surface area contributed by atoms with E-state index in [0.717, 1.165) is 29.6 Å². The number of rotatable bonds is 7. The number of aromatic nitrogens is 3. The molecule has 3 rings (SSSR count). The fourth-order valence-electron chi connectivity index (χ4n) is 2.70. The van der Waals surface area contributed by atoms with Gasteiger partial charge in [0.25, 0.3) is 0 Å². The molecule has 0 saturated carbocycles. The summed E-state index contributed by atoms with van der Waals surface area (Å²) in [5.41, 5.74) is 3.38. The van der Waals surface area contributed by atoms with Gasteiger partial charge in [-0.25, -0.2) is 9.98 Å². The molecule has 0 spiro atoms. The Morgan fingerprint density at radius 3 is 2.55 bits per heavy atom. The van der Waals surface area contributed by atoms with Crippen LogP contribution in [0.2, 0.25) is 0 Å². The minimum atomic E-state index is 0. The van der Waals surface area contributed by atoms with E-state index in [1.807, 2.05) is 43.3 Å². The molecule has 0 bridgehead atoms. The van der Waals surface area contributed by atoms with Crippen LogP contribution in [0.5, 0.6) is 5.75 Å². The first-order valence-electron chi connectivity index (χ1n) is 9.32. The molecule has 8 heteroatoms. The van der Waals surface area contributed by atoms with Crippen LogP contribution < -0.4 is 15.4 Å².